The molecule has 2 N–H and O–H groups in total. The first-order valence-corrected chi connectivity index (χ1v) is 11.4. The first-order valence-electron chi connectivity index (χ1n) is 11.4. The summed E-state index contributed by atoms with van der Waals surface area (Å²) in [6.45, 7) is 4.57. The van der Waals surface area contributed by atoms with E-state index in [1.54, 1.807) is 18.3 Å². The topological polar surface area (TPSA) is 109 Å². The number of piperidine rings is 1. The van der Waals surface area contributed by atoms with Crippen LogP contribution in [0.2, 0.25) is 0 Å². The summed E-state index contributed by atoms with van der Waals surface area (Å²) in [6, 6.07) is 6.12. The maximum absolute atomic E-state index is 13.9. The number of phenolic OH excluding ortho intramolecular Hbond substituents is 1. The number of anilines is 1. The van der Waals surface area contributed by atoms with E-state index < -0.39 is 11.6 Å². The molecule has 2 saturated heterocycles. The van der Waals surface area contributed by atoms with E-state index in [2.05, 4.69) is 44.2 Å². The van der Waals surface area contributed by atoms with Crippen LogP contribution in [-0.2, 0) is 7.05 Å². The Hall–Kier alpha value is -3.40. The van der Waals surface area contributed by atoms with Crippen molar-refractivity contribution < 1.29 is 9.50 Å². The lowest BCUT2D eigenvalue weighted by Crippen LogP contribution is -2.58. The Balaban J connectivity index is 1.37. The van der Waals surface area contributed by atoms with E-state index >= 15 is 0 Å². The number of nitrogens with one attached hydrogen (secondary N) is 1. The molecule has 3 atom stereocenters. The molecule has 2 bridgehead atoms. The third-order valence-corrected chi connectivity index (χ3v) is 7.28. The molecule has 0 radical (unpaired) electrons. The van der Waals surface area contributed by atoms with Gasteiger partial charge in [0, 0.05) is 42.8 Å². The zero-order chi connectivity index (χ0) is 24.3. The average molecular weight is 466 g/mol. The minimum absolute atomic E-state index is 0.112. The number of benzene rings is 1. The molecule has 3 aromatic rings. The standard InChI is InChI=1S/C24H28FN7O2/c1-23-7-8-24(2,30-23)12-15(11-23)31(3)20-13-26-21(29-28-20)16-6-5-14(9-18(16)33)17-10-19(25)32(4)22(34)27-17/h5-6,9-10,13,15,30,33H,7-8,11-12H2,1-4H3/t15?,23-,24+. The highest BCUT2D eigenvalue weighted by molar-refractivity contribution is 5.71. The molecule has 0 amide bonds. The van der Waals surface area contributed by atoms with Crippen LogP contribution in [0, 0.1) is 5.95 Å². The smallest absolute Gasteiger partial charge is 0.350 e. The zero-order valence-electron chi connectivity index (χ0n) is 19.7. The Morgan fingerprint density at radius 2 is 1.88 bits per heavy atom. The number of hydrogen-bond acceptors (Lipinski definition) is 8. The van der Waals surface area contributed by atoms with Crippen LogP contribution < -0.4 is 15.9 Å². The van der Waals surface area contributed by atoms with E-state index in [0.29, 0.717) is 23.0 Å². The Labute approximate surface area is 196 Å². The molecule has 2 aliphatic heterocycles. The zero-order valence-corrected chi connectivity index (χ0v) is 19.7. The van der Waals surface area contributed by atoms with E-state index in [0.717, 1.165) is 23.5 Å². The molecule has 0 aliphatic carbocycles. The van der Waals surface area contributed by atoms with Crippen LogP contribution in [0.1, 0.15) is 39.5 Å². The molecule has 1 aromatic carbocycles. The lowest BCUT2D eigenvalue weighted by Gasteiger charge is -2.45. The molecule has 2 aliphatic rings. The summed E-state index contributed by atoms with van der Waals surface area (Å²) in [5.74, 6) is 0.126. The second-order valence-corrected chi connectivity index (χ2v) is 10.1. The number of aromatic nitrogens is 5. The van der Waals surface area contributed by atoms with Gasteiger partial charge in [0.1, 0.15) is 5.75 Å². The molecule has 4 heterocycles. The van der Waals surface area contributed by atoms with E-state index in [1.807, 2.05) is 7.05 Å². The summed E-state index contributed by atoms with van der Waals surface area (Å²) in [7, 11) is 3.33. The molecule has 0 spiro atoms. The maximum atomic E-state index is 13.9. The number of aromatic hydroxyl groups is 1. The van der Waals surface area contributed by atoms with Crippen LogP contribution in [0.25, 0.3) is 22.6 Å². The van der Waals surface area contributed by atoms with Crippen molar-refractivity contribution in [1.82, 2.24) is 30.0 Å². The number of fused-ring (bicyclic) bond motifs is 2. The molecule has 178 valence electrons. The SMILES string of the molecule is CN(c1cnc(-c2ccc(-c3cc(F)n(C)c(=O)n3)cc2O)nn1)C1C[C@]2(C)CC[C@](C)(C1)N2. The molecule has 1 unspecified atom stereocenters. The van der Waals surface area contributed by atoms with Gasteiger partial charge in [0.25, 0.3) is 0 Å². The number of rotatable bonds is 4. The fourth-order valence-corrected chi connectivity index (χ4v) is 5.38. The number of hydrogen-bond donors (Lipinski definition) is 2. The van der Waals surface area contributed by atoms with Crippen LogP contribution in [-0.4, -0.2) is 54.0 Å². The van der Waals surface area contributed by atoms with Crippen molar-refractivity contribution in [2.45, 2.75) is 56.7 Å². The summed E-state index contributed by atoms with van der Waals surface area (Å²) in [4.78, 5) is 22.2. The first kappa shape index (κ1) is 22.4. The van der Waals surface area contributed by atoms with Crippen molar-refractivity contribution >= 4 is 5.82 Å². The maximum Gasteiger partial charge on any atom is 0.350 e. The van der Waals surface area contributed by atoms with Gasteiger partial charge in [-0.25, -0.2) is 9.78 Å². The van der Waals surface area contributed by atoms with Gasteiger partial charge in [-0.3, -0.25) is 4.57 Å². The van der Waals surface area contributed by atoms with Gasteiger partial charge >= 0.3 is 5.69 Å². The molecule has 2 fully saturated rings. The summed E-state index contributed by atoms with van der Waals surface area (Å²) in [5.41, 5.74) is 0.494. The Bertz CT molecular complexity index is 1290. The van der Waals surface area contributed by atoms with Crippen molar-refractivity contribution in [3.63, 3.8) is 0 Å². The van der Waals surface area contributed by atoms with Crippen LogP contribution in [0.15, 0.2) is 35.3 Å². The van der Waals surface area contributed by atoms with Crippen molar-refractivity contribution in [2.24, 2.45) is 7.05 Å². The Kier molecular flexibility index (Phi) is 5.16. The van der Waals surface area contributed by atoms with E-state index in [-0.39, 0.29) is 28.3 Å². The van der Waals surface area contributed by atoms with E-state index in [4.69, 9.17) is 0 Å². The largest absolute Gasteiger partial charge is 0.507 e. The predicted molar refractivity (Wildman–Crippen MR) is 126 cm³/mol. The van der Waals surface area contributed by atoms with Gasteiger partial charge in [-0.15, -0.1) is 10.2 Å². The van der Waals surface area contributed by atoms with Gasteiger partial charge in [0.2, 0.25) is 0 Å². The molecule has 34 heavy (non-hydrogen) atoms. The van der Waals surface area contributed by atoms with Crippen molar-refractivity contribution in [2.75, 3.05) is 11.9 Å². The van der Waals surface area contributed by atoms with E-state index in [1.165, 1.54) is 26.0 Å². The van der Waals surface area contributed by atoms with Crippen molar-refractivity contribution in [3.8, 4) is 28.4 Å². The van der Waals surface area contributed by atoms with Crippen LogP contribution in [0.5, 0.6) is 5.75 Å². The second kappa shape index (κ2) is 7.83. The molecular formula is C24H28FN7O2. The van der Waals surface area contributed by atoms with Gasteiger partial charge in [-0.05, 0) is 51.7 Å². The summed E-state index contributed by atoms with van der Waals surface area (Å²) in [5, 5.41) is 23.0. The van der Waals surface area contributed by atoms with Crippen LogP contribution >= 0.6 is 0 Å². The highest BCUT2D eigenvalue weighted by Crippen LogP contribution is 2.43. The number of phenols is 1. The van der Waals surface area contributed by atoms with Crippen LogP contribution in [0.3, 0.4) is 0 Å². The lowest BCUT2D eigenvalue weighted by atomic mass is 9.84. The lowest BCUT2D eigenvalue weighted by molar-refractivity contribution is 0.207. The average Bonchev–Trinajstić information content (AvgIpc) is 3.03. The molecular weight excluding hydrogens is 437 g/mol. The Morgan fingerprint density at radius 1 is 1.18 bits per heavy atom. The molecule has 5 rings (SSSR count). The van der Waals surface area contributed by atoms with Gasteiger partial charge in [-0.2, -0.15) is 9.37 Å². The van der Waals surface area contributed by atoms with Gasteiger partial charge in [0.15, 0.2) is 17.6 Å². The third-order valence-electron chi connectivity index (χ3n) is 7.28. The van der Waals surface area contributed by atoms with Gasteiger partial charge in [0.05, 0.1) is 17.5 Å². The minimum Gasteiger partial charge on any atom is -0.507 e. The molecule has 10 heteroatoms. The van der Waals surface area contributed by atoms with E-state index in [9.17, 15) is 14.3 Å². The second-order valence-electron chi connectivity index (χ2n) is 10.1. The first-order chi connectivity index (χ1) is 16.1. The fraction of sp³-hybridized carbons (Fsp3) is 0.458. The number of nitrogens with zero attached hydrogens (tertiary/aromatic N) is 6. The quantitative estimate of drug-likeness (QED) is 0.566. The highest BCUT2D eigenvalue weighted by atomic mass is 19.1. The highest BCUT2D eigenvalue weighted by Gasteiger charge is 2.49. The summed E-state index contributed by atoms with van der Waals surface area (Å²) < 4.78 is 14.7. The Morgan fingerprint density at radius 3 is 2.47 bits per heavy atom. The number of halogens is 1. The van der Waals surface area contributed by atoms with Gasteiger partial charge in [-0.1, -0.05) is 6.07 Å². The van der Waals surface area contributed by atoms with Crippen LogP contribution in [0.4, 0.5) is 10.2 Å². The monoisotopic (exact) mass is 465 g/mol. The fourth-order valence-electron chi connectivity index (χ4n) is 5.38. The van der Waals surface area contributed by atoms with Crippen molar-refractivity contribution in [1.29, 1.82) is 0 Å². The summed E-state index contributed by atoms with van der Waals surface area (Å²) in [6.07, 6.45) is 6.07. The predicted octanol–water partition coefficient (Wildman–Crippen LogP) is 2.64. The third kappa shape index (κ3) is 3.91. The minimum atomic E-state index is -0.712. The normalized spacial score (nSPS) is 26.0. The van der Waals surface area contributed by atoms with Crippen molar-refractivity contribution in [3.05, 3.63) is 46.9 Å². The molecule has 0 saturated carbocycles. The molecule has 9 nitrogen and oxygen atoms in total. The molecule has 2 aromatic heterocycles. The van der Waals surface area contributed by atoms with Gasteiger partial charge < -0.3 is 15.3 Å². The summed E-state index contributed by atoms with van der Waals surface area (Å²) >= 11 is 0.